The number of aromatic amines is 1. The van der Waals surface area contributed by atoms with Gasteiger partial charge in [0.15, 0.2) is 0 Å². The third kappa shape index (κ3) is 1.92. The zero-order valence-corrected chi connectivity index (χ0v) is 9.23. The Bertz CT molecular complexity index is 562. The summed E-state index contributed by atoms with van der Waals surface area (Å²) >= 11 is 0. The van der Waals surface area contributed by atoms with Crippen LogP contribution in [0.25, 0.3) is 11.3 Å². The zero-order chi connectivity index (χ0) is 12.4. The number of nitrogens with zero attached hydrogens (tertiary/aromatic N) is 1. The summed E-state index contributed by atoms with van der Waals surface area (Å²) in [6, 6.07) is 6.75. The minimum Gasteiger partial charge on any atom is -0.465 e. The Hall–Kier alpha value is -2.50. The molecule has 1 heterocycles. The lowest BCUT2D eigenvalue weighted by Gasteiger charge is -2.08. The van der Waals surface area contributed by atoms with Crippen LogP contribution in [0.3, 0.4) is 0 Å². The van der Waals surface area contributed by atoms with E-state index in [0.29, 0.717) is 28.3 Å². The molecule has 2 aromatic rings. The fourth-order valence-electron chi connectivity index (χ4n) is 1.60. The van der Waals surface area contributed by atoms with Gasteiger partial charge in [-0.3, -0.25) is 5.10 Å². The molecule has 0 atom stereocenters. The number of methoxy groups -OCH3 is 1. The van der Waals surface area contributed by atoms with Gasteiger partial charge in [-0.15, -0.1) is 0 Å². The molecular weight excluding hydrogens is 220 g/mol. The highest BCUT2D eigenvalue weighted by Gasteiger charge is 2.17. The van der Waals surface area contributed by atoms with Gasteiger partial charge >= 0.3 is 5.97 Å². The topological polar surface area (TPSA) is 107 Å². The molecule has 1 aromatic carbocycles. The Kier molecular flexibility index (Phi) is 2.70. The molecular formula is C11H12N4O2. The van der Waals surface area contributed by atoms with Crippen LogP contribution in [0.5, 0.6) is 0 Å². The summed E-state index contributed by atoms with van der Waals surface area (Å²) in [5.41, 5.74) is 13.2. The Morgan fingerprint density at radius 1 is 1.41 bits per heavy atom. The minimum absolute atomic E-state index is 0.304. The van der Waals surface area contributed by atoms with Crippen molar-refractivity contribution >= 4 is 17.5 Å². The molecule has 2 rings (SSSR count). The maximum Gasteiger partial charge on any atom is 0.340 e. The maximum atomic E-state index is 11.7. The molecule has 5 N–H and O–H groups in total. The summed E-state index contributed by atoms with van der Waals surface area (Å²) in [4.78, 5) is 11.7. The highest BCUT2D eigenvalue weighted by Crippen LogP contribution is 2.27. The van der Waals surface area contributed by atoms with Gasteiger partial charge in [0.1, 0.15) is 5.82 Å². The standard InChI is InChI=1S/C11H12N4O2/c1-17-11(16)10-6(3-2-4-7(10)12)8-5-9(13)15-14-8/h2-5H,12H2,1H3,(H3,13,14,15). The van der Waals surface area contributed by atoms with E-state index in [0.717, 1.165) is 0 Å². The first-order valence-electron chi connectivity index (χ1n) is 4.91. The molecule has 6 nitrogen and oxygen atoms in total. The Balaban J connectivity index is 2.61. The average Bonchev–Trinajstić information content (AvgIpc) is 2.74. The molecule has 1 aromatic heterocycles. The Morgan fingerprint density at radius 3 is 2.76 bits per heavy atom. The second kappa shape index (κ2) is 4.17. The molecule has 6 heteroatoms. The molecule has 0 unspecified atom stereocenters. The van der Waals surface area contributed by atoms with Gasteiger partial charge in [-0.2, -0.15) is 5.10 Å². The van der Waals surface area contributed by atoms with Gasteiger partial charge in [-0.05, 0) is 6.07 Å². The van der Waals surface area contributed by atoms with E-state index in [2.05, 4.69) is 10.2 Å². The number of nitrogens with two attached hydrogens (primary N) is 2. The van der Waals surface area contributed by atoms with E-state index >= 15 is 0 Å². The van der Waals surface area contributed by atoms with Crippen LogP contribution in [-0.4, -0.2) is 23.3 Å². The molecule has 0 bridgehead atoms. The van der Waals surface area contributed by atoms with Crippen molar-refractivity contribution in [2.24, 2.45) is 0 Å². The van der Waals surface area contributed by atoms with Crippen molar-refractivity contribution in [1.29, 1.82) is 0 Å². The molecule has 0 saturated carbocycles. The number of nitrogen functional groups attached to an aromatic ring is 2. The summed E-state index contributed by atoms with van der Waals surface area (Å²) < 4.78 is 4.70. The number of carbonyl (C=O) groups is 1. The van der Waals surface area contributed by atoms with E-state index in [4.69, 9.17) is 16.2 Å². The summed E-state index contributed by atoms with van der Waals surface area (Å²) in [7, 11) is 1.31. The van der Waals surface area contributed by atoms with Crippen molar-refractivity contribution < 1.29 is 9.53 Å². The van der Waals surface area contributed by atoms with Crippen molar-refractivity contribution in [2.45, 2.75) is 0 Å². The van der Waals surface area contributed by atoms with Crippen LogP contribution in [0.1, 0.15) is 10.4 Å². The van der Waals surface area contributed by atoms with Gasteiger partial charge in [0, 0.05) is 17.3 Å². The third-order valence-electron chi connectivity index (χ3n) is 2.37. The number of esters is 1. The highest BCUT2D eigenvalue weighted by atomic mass is 16.5. The lowest BCUT2D eigenvalue weighted by molar-refractivity contribution is 0.0603. The summed E-state index contributed by atoms with van der Waals surface area (Å²) in [6.45, 7) is 0. The number of ether oxygens (including phenoxy) is 1. The molecule has 0 saturated heterocycles. The number of H-pyrrole nitrogens is 1. The minimum atomic E-state index is -0.494. The quantitative estimate of drug-likeness (QED) is 0.529. The lowest BCUT2D eigenvalue weighted by atomic mass is 10.0. The summed E-state index contributed by atoms with van der Waals surface area (Å²) in [5, 5.41) is 6.54. The van der Waals surface area contributed by atoms with Crippen molar-refractivity contribution in [3.63, 3.8) is 0 Å². The van der Waals surface area contributed by atoms with Gasteiger partial charge in [0.2, 0.25) is 0 Å². The Morgan fingerprint density at radius 2 is 2.18 bits per heavy atom. The predicted molar refractivity (Wildman–Crippen MR) is 64.2 cm³/mol. The Labute approximate surface area is 97.6 Å². The first kappa shape index (κ1) is 11.0. The fourth-order valence-corrected chi connectivity index (χ4v) is 1.60. The first-order valence-corrected chi connectivity index (χ1v) is 4.91. The molecule has 0 radical (unpaired) electrons. The van der Waals surface area contributed by atoms with Crippen LogP contribution in [0.2, 0.25) is 0 Å². The molecule has 0 spiro atoms. The van der Waals surface area contributed by atoms with Crippen LogP contribution >= 0.6 is 0 Å². The number of hydrogen-bond donors (Lipinski definition) is 3. The molecule has 0 aliphatic heterocycles. The van der Waals surface area contributed by atoms with Crippen LogP contribution in [-0.2, 0) is 4.74 Å². The van der Waals surface area contributed by atoms with E-state index in [-0.39, 0.29) is 0 Å². The number of rotatable bonds is 2. The first-order chi connectivity index (χ1) is 8.13. The van der Waals surface area contributed by atoms with E-state index in [1.807, 2.05) is 0 Å². The van der Waals surface area contributed by atoms with E-state index in [1.165, 1.54) is 7.11 Å². The maximum absolute atomic E-state index is 11.7. The monoisotopic (exact) mass is 232 g/mol. The van der Waals surface area contributed by atoms with Crippen LogP contribution in [0.15, 0.2) is 24.3 Å². The summed E-state index contributed by atoms with van der Waals surface area (Å²) in [5.74, 6) is -0.149. The molecule has 0 aliphatic carbocycles. The van der Waals surface area contributed by atoms with Gasteiger partial charge in [0.05, 0.1) is 18.4 Å². The van der Waals surface area contributed by atoms with Gasteiger partial charge in [-0.25, -0.2) is 4.79 Å². The van der Waals surface area contributed by atoms with Crippen molar-refractivity contribution in [1.82, 2.24) is 10.2 Å². The van der Waals surface area contributed by atoms with Crippen molar-refractivity contribution in [2.75, 3.05) is 18.6 Å². The number of nitrogens with one attached hydrogen (secondary N) is 1. The number of aromatic nitrogens is 2. The zero-order valence-electron chi connectivity index (χ0n) is 9.23. The normalized spacial score (nSPS) is 10.2. The number of anilines is 2. The molecule has 88 valence electrons. The van der Waals surface area contributed by atoms with Crippen LogP contribution in [0.4, 0.5) is 11.5 Å². The number of benzene rings is 1. The van der Waals surface area contributed by atoms with E-state index < -0.39 is 5.97 Å². The number of hydrogen-bond acceptors (Lipinski definition) is 5. The molecule has 0 fully saturated rings. The second-order valence-corrected chi connectivity index (χ2v) is 3.47. The van der Waals surface area contributed by atoms with E-state index in [1.54, 1.807) is 24.3 Å². The van der Waals surface area contributed by atoms with Crippen molar-refractivity contribution in [3.8, 4) is 11.3 Å². The number of carbonyl (C=O) groups excluding carboxylic acids is 1. The van der Waals surface area contributed by atoms with Crippen molar-refractivity contribution in [3.05, 3.63) is 29.8 Å². The molecule has 0 amide bonds. The predicted octanol–water partition coefficient (Wildman–Crippen LogP) is 1.03. The van der Waals surface area contributed by atoms with Gasteiger partial charge in [0.25, 0.3) is 0 Å². The van der Waals surface area contributed by atoms with Gasteiger partial charge < -0.3 is 16.2 Å². The smallest absolute Gasteiger partial charge is 0.340 e. The van der Waals surface area contributed by atoms with E-state index in [9.17, 15) is 4.79 Å². The second-order valence-electron chi connectivity index (χ2n) is 3.47. The highest BCUT2D eigenvalue weighted by molar-refractivity contribution is 6.02. The molecule has 0 aliphatic rings. The molecule has 17 heavy (non-hydrogen) atoms. The SMILES string of the molecule is COC(=O)c1c(N)cccc1-c1cc(N)n[nH]1. The largest absolute Gasteiger partial charge is 0.465 e. The third-order valence-corrected chi connectivity index (χ3v) is 2.37. The van der Waals surface area contributed by atoms with Crippen LogP contribution in [0, 0.1) is 0 Å². The van der Waals surface area contributed by atoms with Gasteiger partial charge in [-0.1, -0.05) is 12.1 Å². The lowest BCUT2D eigenvalue weighted by Crippen LogP contribution is -2.07. The average molecular weight is 232 g/mol. The fraction of sp³-hybridized carbons (Fsp3) is 0.0909. The summed E-state index contributed by atoms with van der Waals surface area (Å²) in [6.07, 6.45) is 0. The van der Waals surface area contributed by atoms with Crippen LogP contribution < -0.4 is 11.5 Å².